The van der Waals surface area contributed by atoms with E-state index in [1.165, 1.54) is 10.6 Å². The summed E-state index contributed by atoms with van der Waals surface area (Å²) in [6.45, 7) is 0. The average Bonchev–Trinajstić information content (AvgIpc) is 2.47. The lowest BCUT2D eigenvalue weighted by Gasteiger charge is -1.93. The normalized spacial score (nSPS) is 11.0. The molecule has 0 aliphatic heterocycles. The van der Waals surface area contributed by atoms with E-state index in [0.717, 1.165) is 0 Å². The second-order valence-corrected chi connectivity index (χ2v) is 3.62. The summed E-state index contributed by atoms with van der Waals surface area (Å²) in [7, 11) is 0. The summed E-state index contributed by atoms with van der Waals surface area (Å²) in [5, 5.41) is 3.96. The lowest BCUT2D eigenvalue weighted by Crippen LogP contribution is -1.90. The van der Waals surface area contributed by atoms with Crippen LogP contribution < -0.4 is 0 Å². The third-order valence-corrected chi connectivity index (χ3v) is 2.19. The van der Waals surface area contributed by atoms with Crippen molar-refractivity contribution in [2.75, 3.05) is 0 Å². The molecule has 2 aromatic rings. The van der Waals surface area contributed by atoms with Crippen LogP contribution in [0.5, 0.6) is 0 Å². The molecule has 0 spiro atoms. The van der Waals surface area contributed by atoms with E-state index in [-0.39, 0.29) is 11.5 Å². The molecule has 0 aliphatic carbocycles. The van der Waals surface area contributed by atoms with E-state index in [2.05, 4.69) is 26.0 Å². The molecule has 2 rings (SSSR count). The molecule has 0 unspecified atom stereocenters. The smallest absolute Gasteiger partial charge is 0.191 e. The molecule has 6 heteroatoms. The Hall–Kier alpha value is -0.680. The Balaban J connectivity index is 2.75. The number of aromatic nitrogens is 3. The van der Waals surface area contributed by atoms with Gasteiger partial charge in [-0.25, -0.2) is 13.9 Å². The minimum absolute atomic E-state index is 0.179. The van der Waals surface area contributed by atoms with E-state index in [1.807, 2.05) is 0 Å². The summed E-state index contributed by atoms with van der Waals surface area (Å²) in [5.74, 6) is 0.176. The number of halogens is 3. The average molecular weight is 264 g/mol. The number of nitrogens with zero attached hydrogens (tertiary/aromatic N) is 3. The summed E-state index contributed by atoms with van der Waals surface area (Å²) >= 11 is 8.67. The topological polar surface area (TPSA) is 30.2 Å². The maximum Gasteiger partial charge on any atom is 0.191 e. The van der Waals surface area contributed by atoms with Crippen LogP contribution in [0.2, 0.25) is 0 Å². The Kier molecular flexibility index (Phi) is 2.21. The highest BCUT2D eigenvalue weighted by Gasteiger charge is 2.07. The van der Waals surface area contributed by atoms with E-state index >= 15 is 0 Å². The SMILES string of the molecule is Fc1cc(Br)cn2nc(CCl)nc12. The first-order valence-electron chi connectivity index (χ1n) is 3.47. The first-order valence-corrected chi connectivity index (χ1v) is 4.79. The summed E-state index contributed by atoms with van der Waals surface area (Å²) < 4.78 is 15.2. The van der Waals surface area contributed by atoms with Crippen molar-refractivity contribution >= 4 is 33.2 Å². The van der Waals surface area contributed by atoms with Gasteiger partial charge in [-0.1, -0.05) is 0 Å². The Bertz CT molecular complexity index is 456. The second kappa shape index (κ2) is 3.23. The van der Waals surface area contributed by atoms with E-state index < -0.39 is 5.82 Å². The van der Waals surface area contributed by atoms with Crippen molar-refractivity contribution < 1.29 is 4.39 Å². The zero-order valence-corrected chi connectivity index (χ0v) is 8.68. The molecule has 68 valence electrons. The lowest BCUT2D eigenvalue weighted by molar-refractivity contribution is 0.626. The minimum Gasteiger partial charge on any atom is -0.217 e. The predicted octanol–water partition coefficient (Wildman–Crippen LogP) is 2.37. The van der Waals surface area contributed by atoms with Crippen LogP contribution in [0.15, 0.2) is 16.7 Å². The van der Waals surface area contributed by atoms with Gasteiger partial charge in [0.2, 0.25) is 0 Å². The van der Waals surface area contributed by atoms with Gasteiger partial charge in [-0.3, -0.25) is 0 Å². The number of alkyl halides is 1. The number of fused-ring (bicyclic) bond motifs is 1. The highest BCUT2D eigenvalue weighted by atomic mass is 79.9. The summed E-state index contributed by atoms with van der Waals surface area (Å²) in [6, 6.07) is 1.34. The fourth-order valence-electron chi connectivity index (χ4n) is 1.02. The first-order chi connectivity index (χ1) is 6.20. The molecule has 3 nitrogen and oxygen atoms in total. The van der Waals surface area contributed by atoms with Gasteiger partial charge in [0.25, 0.3) is 0 Å². The number of hydrogen-bond acceptors (Lipinski definition) is 2. The fraction of sp³-hybridized carbons (Fsp3) is 0.143. The first kappa shape index (κ1) is 8.90. The third kappa shape index (κ3) is 1.53. The minimum atomic E-state index is -0.418. The van der Waals surface area contributed by atoms with Crippen LogP contribution in [0.4, 0.5) is 4.39 Å². The monoisotopic (exact) mass is 263 g/mol. The van der Waals surface area contributed by atoms with Crippen LogP contribution in [-0.2, 0) is 5.88 Å². The number of rotatable bonds is 1. The van der Waals surface area contributed by atoms with E-state index in [9.17, 15) is 4.39 Å². The van der Waals surface area contributed by atoms with Crippen LogP contribution in [0.1, 0.15) is 5.82 Å². The van der Waals surface area contributed by atoms with Gasteiger partial charge in [-0.15, -0.1) is 16.7 Å². The van der Waals surface area contributed by atoms with Gasteiger partial charge in [0, 0.05) is 10.7 Å². The molecule has 0 bridgehead atoms. The van der Waals surface area contributed by atoms with E-state index in [1.54, 1.807) is 6.20 Å². The molecule has 0 fully saturated rings. The molecular weight excluding hydrogens is 260 g/mol. The Morgan fingerprint density at radius 3 is 3.08 bits per heavy atom. The zero-order chi connectivity index (χ0) is 9.42. The van der Waals surface area contributed by atoms with Gasteiger partial charge in [0.15, 0.2) is 17.3 Å². The van der Waals surface area contributed by atoms with Crippen LogP contribution in [-0.4, -0.2) is 14.6 Å². The Morgan fingerprint density at radius 1 is 1.62 bits per heavy atom. The van der Waals surface area contributed by atoms with Crippen molar-refractivity contribution in [3.63, 3.8) is 0 Å². The van der Waals surface area contributed by atoms with E-state index in [4.69, 9.17) is 11.6 Å². The zero-order valence-electron chi connectivity index (χ0n) is 6.34. The molecule has 13 heavy (non-hydrogen) atoms. The molecule has 0 aliphatic rings. The van der Waals surface area contributed by atoms with Crippen molar-refractivity contribution in [3.8, 4) is 0 Å². The van der Waals surface area contributed by atoms with Gasteiger partial charge in [-0.05, 0) is 22.0 Å². The highest BCUT2D eigenvalue weighted by molar-refractivity contribution is 9.10. The molecule has 0 radical (unpaired) electrons. The molecule has 0 N–H and O–H groups in total. The molecule has 0 saturated carbocycles. The summed E-state index contributed by atoms with van der Waals surface area (Å²) in [5.41, 5.74) is 0.193. The van der Waals surface area contributed by atoms with Gasteiger partial charge >= 0.3 is 0 Å². The molecule has 0 saturated heterocycles. The van der Waals surface area contributed by atoms with Gasteiger partial charge < -0.3 is 0 Å². The van der Waals surface area contributed by atoms with Crippen LogP contribution in [0.3, 0.4) is 0 Å². The molecule has 0 aromatic carbocycles. The third-order valence-electron chi connectivity index (χ3n) is 1.52. The Labute approximate surface area is 86.7 Å². The molecular formula is C7H4BrClFN3. The molecule has 2 heterocycles. The summed E-state index contributed by atoms with van der Waals surface area (Å²) in [6.07, 6.45) is 1.63. The quantitative estimate of drug-likeness (QED) is 0.740. The highest BCUT2D eigenvalue weighted by Crippen LogP contribution is 2.15. The molecule has 0 atom stereocenters. The van der Waals surface area contributed by atoms with Crippen LogP contribution >= 0.6 is 27.5 Å². The van der Waals surface area contributed by atoms with Crippen molar-refractivity contribution in [3.05, 3.63) is 28.4 Å². The van der Waals surface area contributed by atoms with Crippen molar-refractivity contribution in [1.82, 2.24) is 14.6 Å². The Morgan fingerprint density at radius 2 is 2.38 bits per heavy atom. The van der Waals surface area contributed by atoms with Crippen LogP contribution in [0, 0.1) is 5.82 Å². The number of hydrogen-bond donors (Lipinski definition) is 0. The lowest BCUT2D eigenvalue weighted by atomic mass is 10.5. The van der Waals surface area contributed by atoms with Gasteiger partial charge in [-0.2, -0.15) is 0 Å². The van der Waals surface area contributed by atoms with Gasteiger partial charge in [0.1, 0.15) is 0 Å². The molecule has 2 aromatic heterocycles. The largest absolute Gasteiger partial charge is 0.217 e. The molecule has 0 amide bonds. The predicted molar refractivity (Wildman–Crippen MR) is 50.2 cm³/mol. The standard InChI is InChI=1S/C7H4BrClFN3/c8-4-1-5(10)7-11-6(2-9)12-13(7)3-4/h1,3H,2H2. The van der Waals surface area contributed by atoms with Crippen molar-refractivity contribution in [1.29, 1.82) is 0 Å². The number of pyridine rings is 1. The van der Waals surface area contributed by atoms with Gasteiger partial charge in [0.05, 0.1) is 5.88 Å². The van der Waals surface area contributed by atoms with Crippen LogP contribution in [0.25, 0.3) is 5.65 Å². The maximum absolute atomic E-state index is 13.2. The maximum atomic E-state index is 13.2. The second-order valence-electron chi connectivity index (χ2n) is 2.44. The summed E-state index contributed by atoms with van der Waals surface area (Å²) in [4.78, 5) is 3.90. The van der Waals surface area contributed by atoms with E-state index in [0.29, 0.717) is 10.3 Å². The van der Waals surface area contributed by atoms with Crippen molar-refractivity contribution in [2.45, 2.75) is 5.88 Å². The van der Waals surface area contributed by atoms with Crippen molar-refractivity contribution in [2.24, 2.45) is 0 Å². The fourth-order valence-corrected chi connectivity index (χ4v) is 1.52.